The summed E-state index contributed by atoms with van der Waals surface area (Å²) in [6.45, 7) is 0.841. The van der Waals surface area contributed by atoms with Gasteiger partial charge < -0.3 is 19.9 Å². The minimum atomic E-state index is -0.831. The van der Waals surface area contributed by atoms with E-state index < -0.39 is 17.4 Å². The number of nitrogens with zero attached hydrogens (tertiary/aromatic N) is 5. The number of fused-ring (bicyclic) bond motifs is 1. The van der Waals surface area contributed by atoms with Gasteiger partial charge in [-0.15, -0.1) is 0 Å². The average Bonchev–Trinajstić information content (AvgIpc) is 2.95. The van der Waals surface area contributed by atoms with Crippen molar-refractivity contribution in [2.24, 2.45) is 14.1 Å². The van der Waals surface area contributed by atoms with Crippen LogP contribution in [-0.4, -0.2) is 77.9 Å². The van der Waals surface area contributed by atoms with E-state index in [2.05, 4.69) is 4.98 Å². The predicted octanol–water partition coefficient (Wildman–Crippen LogP) is -2.92. The largest absolute Gasteiger partial charge is 0.395 e. The SMILES string of the molecule is Cn1c(=O)c2c(ncn2C[C@H](O)CN(CCO)CCO)n(C)c1=O. The van der Waals surface area contributed by atoms with Crippen LogP contribution in [0.15, 0.2) is 15.9 Å². The monoisotopic (exact) mass is 341 g/mol. The van der Waals surface area contributed by atoms with E-state index in [0.29, 0.717) is 13.1 Å². The Balaban J connectivity index is 2.27. The van der Waals surface area contributed by atoms with Crippen molar-refractivity contribution in [1.82, 2.24) is 23.6 Å². The van der Waals surface area contributed by atoms with Crippen molar-refractivity contribution in [3.05, 3.63) is 27.2 Å². The number of hydrogen-bond donors (Lipinski definition) is 3. The van der Waals surface area contributed by atoms with Gasteiger partial charge in [0, 0.05) is 33.7 Å². The van der Waals surface area contributed by atoms with Gasteiger partial charge in [-0.05, 0) is 0 Å². The lowest BCUT2D eigenvalue weighted by molar-refractivity contribution is 0.0779. The third kappa shape index (κ3) is 3.56. The maximum Gasteiger partial charge on any atom is 0.332 e. The molecule has 0 saturated heterocycles. The second-order valence-electron chi connectivity index (χ2n) is 5.68. The standard InChI is InChI=1S/C14H23N5O5/c1-16-12-11(13(23)17(2)14(16)24)19(9-15-12)8-10(22)7-18(3-5-20)4-6-21/h9-10,20-22H,3-8H2,1-2H3/t10-/m1/s1. The molecule has 3 N–H and O–H groups in total. The van der Waals surface area contributed by atoms with Gasteiger partial charge in [-0.2, -0.15) is 0 Å². The lowest BCUT2D eigenvalue weighted by Gasteiger charge is -2.23. The topological polar surface area (TPSA) is 126 Å². The summed E-state index contributed by atoms with van der Waals surface area (Å²) in [5.41, 5.74) is -0.428. The summed E-state index contributed by atoms with van der Waals surface area (Å²) in [5.74, 6) is 0. The maximum absolute atomic E-state index is 12.3. The Morgan fingerprint density at radius 3 is 2.38 bits per heavy atom. The summed E-state index contributed by atoms with van der Waals surface area (Å²) in [6, 6.07) is 0. The van der Waals surface area contributed by atoms with Crippen molar-refractivity contribution in [2.75, 3.05) is 32.8 Å². The molecule has 0 fully saturated rings. The minimum Gasteiger partial charge on any atom is -0.395 e. The summed E-state index contributed by atoms with van der Waals surface area (Å²) in [6.07, 6.45) is 0.583. The lowest BCUT2D eigenvalue weighted by atomic mass is 10.3. The van der Waals surface area contributed by atoms with E-state index in [4.69, 9.17) is 10.2 Å². The van der Waals surface area contributed by atoms with E-state index >= 15 is 0 Å². The molecule has 0 saturated carbocycles. The van der Waals surface area contributed by atoms with Crippen molar-refractivity contribution >= 4 is 11.2 Å². The first-order valence-corrected chi connectivity index (χ1v) is 7.63. The molecule has 2 rings (SSSR count). The van der Waals surface area contributed by atoms with Crippen LogP contribution in [-0.2, 0) is 20.6 Å². The number of aromatic nitrogens is 4. The van der Waals surface area contributed by atoms with Crippen LogP contribution in [0.5, 0.6) is 0 Å². The second kappa shape index (κ2) is 7.71. The van der Waals surface area contributed by atoms with E-state index in [9.17, 15) is 14.7 Å². The van der Waals surface area contributed by atoms with Gasteiger partial charge in [0.2, 0.25) is 0 Å². The van der Waals surface area contributed by atoms with Crippen molar-refractivity contribution in [2.45, 2.75) is 12.6 Å². The van der Waals surface area contributed by atoms with E-state index in [1.165, 1.54) is 29.6 Å². The molecule has 0 amide bonds. The molecule has 0 bridgehead atoms. The maximum atomic E-state index is 12.3. The molecule has 0 radical (unpaired) electrons. The van der Waals surface area contributed by atoms with Gasteiger partial charge in [0.25, 0.3) is 5.56 Å². The molecule has 0 aliphatic carbocycles. The zero-order chi connectivity index (χ0) is 17.9. The zero-order valence-corrected chi connectivity index (χ0v) is 13.8. The molecular formula is C14H23N5O5. The second-order valence-corrected chi connectivity index (χ2v) is 5.68. The van der Waals surface area contributed by atoms with Gasteiger partial charge in [0.05, 0.1) is 32.2 Å². The molecule has 24 heavy (non-hydrogen) atoms. The summed E-state index contributed by atoms with van der Waals surface area (Å²) in [5, 5.41) is 28.3. The molecule has 1 atom stereocenters. The summed E-state index contributed by atoms with van der Waals surface area (Å²) >= 11 is 0. The smallest absolute Gasteiger partial charge is 0.332 e. The number of aliphatic hydroxyl groups is 3. The Hall–Kier alpha value is -2.01. The van der Waals surface area contributed by atoms with E-state index in [1.807, 2.05) is 0 Å². The number of hydrogen-bond acceptors (Lipinski definition) is 7. The average molecular weight is 341 g/mol. The fourth-order valence-electron chi connectivity index (χ4n) is 2.70. The summed E-state index contributed by atoms with van der Waals surface area (Å²) in [7, 11) is 2.92. The highest BCUT2D eigenvalue weighted by molar-refractivity contribution is 5.69. The van der Waals surface area contributed by atoms with Gasteiger partial charge in [-0.1, -0.05) is 0 Å². The quantitative estimate of drug-likeness (QED) is 0.470. The summed E-state index contributed by atoms with van der Waals surface area (Å²) < 4.78 is 3.79. The van der Waals surface area contributed by atoms with Crippen LogP contribution in [0, 0.1) is 0 Å². The summed E-state index contributed by atoms with van der Waals surface area (Å²) in [4.78, 5) is 30.0. The Labute approximate surface area is 137 Å². The van der Waals surface area contributed by atoms with Gasteiger partial charge in [-0.3, -0.25) is 18.8 Å². The van der Waals surface area contributed by atoms with Crippen molar-refractivity contribution in [3.63, 3.8) is 0 Å². The Bertz CT molecular complexity index is 802. The zero-order valence-electron chi connectivity index (χ0n) is 13.8. The first-order chi connectivity index (χ1) is 11.4. The first kappa shape index (κ1) is 18.3. The number of imidazole rings is 1. The molecule has 0 spiro atoms. The van der Waals surface area contributed by atoms with Crippen LogP contribution < -0.4 is 11.2 Å². The lowest BCUT2D eigenvalue weighted by Crippen LogP contribution is -2.39. The normalized spacial score (nSPS) is 13.1. The Morgan fingerprint density at radius 1 is 1.17 bits per heavy atom. The molecule has 0 aliphatic heterocycles. The minimum absolute atomic E-state index is 0.0800. The number of aryl methyl sites for hydroxylation is 1. The molecule has 2 aromatic rings. The highest BCUT2D eigenvalue weighted by Gasteiger charge is 2.17. The van der Waals surface area contributed by atoms with Gasteiger partial charge in [0.1, 0.15) is 0 Å². The van der Waals surface area contributed by atoms with E-state index in [1.54, 1.807) is 4.90 Å². The Kier molecular flexibility index (Phi) is 5.89. The van der Waals surface area contributed by atoms with Crippen LogP contribution in [0.4, 0.5) is 0 Å². The molecule has 10 nitrogen and oxygen atoms in total. The van der Waals surface area contributed by atoms with E-state index in [0.717, 1.165) is 4.57 Å². The van der Waals surface area contributed by atoms with Crippen molar-refractivity contribution < 1.29 is 15.3 Å². The predicted molar refractivity (Wildman–Crippen MR) is 86.8 cm³/mol. The van der Waals surface area contributed by atoms with E-state index in [-0.39, 0.29) is 37.5 Å². The third-order valence-corrected chi connectivity index (χ3v) is 3.93. The van der Waals surface area contributed by atoms with Gasteiger partial charge in [-0.25, -0.2) is 9.78 Å². The van der Waals surface area contributed by atoms with Gasteiger partial charge >= 0.3 is 5.69 Å². The fraction of sp³-hybridized carbons (Fsp3) is 0.643. The number of aliphatic hydroxyl groups excluding tert-OH is 3. The molecule has 0 unspecified atom stereocenters. The molecule has 2 heterocycles. The Morgan fingerprint density at radius 2 is 1.79 bits per heavy atom. The first-order valence-electron chi connectivity index (χ1n) is 7.63. The van der Waals surface area contributed by atoms with Crippen LogP contribution >= 0.6 is 0 Å². The van der Waals surface area contributed by atoms with Crippen LogP contribution in [0.2, 0.25) is 0 Å². The molecule has 0 aliphatic rings. The van der Waals surface area contributed by atoms with Crippen molar-refractivity contribution in [1.29, 1.82) is 0 Å². The number of rotatable bonds is 8. The molecule has 0 aromatic carbocycles. The fourth-order valence-corrected chi connectivity index (χ4v) is 2.70. The molecule has 2 aromatic heterocycles. The van der Waals surface area contributed by atoms with Crippen LogP contribution in [0.3, 0.4) is 0 Å². The molecule has 10 heteroatoms. The third-order valence-electron chi connectivity index (χ3n) is 3.93. The van der Waals surface area contributed by atoms with Gasteiger partial charge in [0.15, 0.2) is 11.2 Å². The highest BCUT2D eigenvalue weighted by atomic mass is 16.3. The highest BCUT2D eigenvalue weighted by Crippen LogP contribution is 2.07. The van der Waals surface area contributed by atoms with Crippen molar-refractivity contribution in [3.8, 4) is 0 Å². The molecular weight excluding hydrogens is 318 g/mol. The molecule has 134 valence electrons. The van der Waals surface area contributed by atoms with Crippen LogP contribution in [0.1, 0.15) is 0 Å². The van der Waals surface area contributed by atoms with Crippen LogP contribution in [0.25, 0.3) is 11.2 Å².